The number of hydrogen-bond donors (Lipinski definition) is 6. The molecule has 2 aliphatic rings. The van der Waals surface area contributed by atoms with Gasteiger partial charge in [-0.15, -0.1) is 0 Å². The molecule has 5 atom stereocenters. The number of hydrogen-bond acceptors (Lipinski definition) is 12. The van der Waals surface area contributed by atoms with E-state index in [2.05, 4.69) is 0 Å². The van der Waals surface area contributed by atoms with Gasteiger partial charge in [-0.25, -0.2) is 0 Å². The molecule has 0 saturated carbocycles. The van der Waals surface area contributed by atoms with Crippen molar-refractivity contribution in [2.75, 3.05) is 6.61 Å². The molecule has 2 aromatic rings. The monoisotopic (exact) mass is 532 g/mol. The predicted octanol–water partition coefficient (Wildman–Crippen LogP) is -0.284. The fourth-order valence-electron chi connectivity index (χ4n) is 4.67. The molecule has 204 valence electrons. The summed E-state index contributed by atoms with van der Waals surface area (Å²) < 4.78 is 16.3. The highest BCUT2D eigenvalue weighted by atomic mass is 16.7. The van der Waals surface area contributed by atoms with Gasteiger partial charge in [0.25, 0.3) is 0 Å². The van der Waals surface area contributed by atoms with Crippen LogP contribution in [-0.4, -0.2) is 85.5 Å². The minimum absolute atomic E-state index is 0.00106. The van der Waals surface area contributed by atoms with E-state index in [0.29, 0.717) is 0 Å². The summed E-state index contributed by atoms with van der Waals surface area (Å²) in [4.78, 5) is 38.6. The van der Waals surface area contributed by atoms with Crippen LogP contribution in [0.4, 0.5) is 0 Å². The third-order valence-corrected chi connectivity index (χ3v) is 6.57. The molecule has 0 bridgehead atoms. The second-order valence-corrected chi connectivity index (χ2v) is 9.17. The number of ether oxygens (including phenoxy) is 3. The number of carbonyl (C=O) groups is 3. The lowest BCUT2D eigenvalue weighted by molar-refractivity contribution is -0.268. The Morgan fingerprint density at radius 3 is 2.29 bits per heavy atom. The second kappa shape index (κ2) is 10.8. The van der Waals surface area contributed by atoms with E-state index in [1.807, 2.05) is 0 Å². The third kappa shape index (κ3) is 4.77. The highest BCUT2D eigenvalue weighted by molar-refractivity contribution is 6.30. The Morgan fingerprint density at radius 1 is 0.974 bits per heavy atom. The maximum atomic E-state index is 13.6. The summed E-state index contributed by atoms with van der Waals surface area (Å²) in [6.07, 6.45) is -6.99. The van der Waals surface area contributed by atoms with Gasteiger partial charge in [0, 0.05) is 35.8 Å². The number of carbonyl (C=O) groups excluding carboxylic acids is 3. The SMILES string of the molecule is CC(=O)Oc1cc(CO)c2c(c1)C(=O)c1cc(OC3OC(C)C(O)C(O)C3O)c(CCCO)c(O)c1C2=O. The van der Waals surface area contributed by atoms with E-state index < -0.39 is 60.6 Å². The third-order valence-electron chi connectivity index (χ3n) is 6.57. The molecule has 0 aromatic heterocycles. The van der Waals surface area contributed by atoms with Crippen molar-refractivity contribution in [2.45, 2.75) is 64.0 Å². The van der Waals surface area contributed by atoms with Crippen LogP contribution in [0, 0.1) is 0 Å². The smallest absolute Gasteiger partial charge is 0.308 e. The second-order valence-electron chi connectivity index (χ2n) is 9.17. The number of esters is 1. The molecule has 2 aromatic carbocycles. The Hall–Kier alpha value is -3.39. The van der Waals surface area contributed by atoms with Gasteiger partial charge in [-0.3, -0.25) is 14.4 Å². The number of phenols is 1. The van der Waals surface area contributed by atoms with Crippen LogP contribution in [0.1, 0.15) is 63.2 Å². The van der Waals surface area contributed by atoms with Gasteiger partial charge < -0.3 is 44.8 Å². The first-order valence-corrected chi connectivity index (χ1v) is 11.9. The minimum Gasteiger partial charge on any atom is -0.507 e. The molecule has 1 fully saturated rings. The Kier molecular flexibility index (Phi) is 7.83. The molecular weight excluding hydrogens is 504 g/mol. The molecule has 5 unspecified atom stereocenters. The summed E-state index contributed by atoms with van der Waals surface area (Å²) in [5.74, 6) is -2.99. The molecule has 0 radical (unpaired) electrons. The number of rotatable bonds is 7. The largest absolute Gasteiger partial charge is 0.507 e. The van der Waals surface area contributed by atoms with Crippen LogP contribution < -0.4 is 9.47 Å². The molecule has 0 spiro atoms. The number of benzene rings is 2. The van der Waals surface area contributed by atoms with Crippen molar-refractivity contribution in [1.82, 2.24) is 0 Å². The van der Waals surface area contributed by atoms with Crippen LogP contribution in [0.3, 0.4) is 0 Å². The van der Waals surface area contributed by atoms with E-state index in [1.165, 1.54) is 25.1 Å². The lowest BCUT2D eigenvalue weighted by Gasteiger charge is -2.39. The zero-order valence-corrected chi connectivity index (χ0v) is 20.6. The maximum Gasteiger partial charge on any atom is 0.308 e. The summed E-state index contributed by atoms with van der Waals surface area (Å²) >= 11 is 0. The number of phenolic OH excluding ortho intramolecular Hbond substituents is 1. The van der Waals surface area contributed by atoms with Crippen molar-refractivity contribution in [3.63, 3.8) is 0 Å². The van der Waals surface area contributed by atoms with Crippen LogP contribution in [0.2, 0.25) is 0 Å². The molecule has 1 aliphatic carbocycles. The quantitative estimate of drug-likeness (QED) is 0.172. The standard InChI is InChI=1S/C26H28O12/c1-10-20(30)24(34)25(35)26(36-10)38-17-8-16-19(22(32)14(17)4-3-5-27)23(33)18-12(9-28)6-13(37-11(2)29)7-15(18)21(16)31/h6-8,10,20,24-28,30,32,34-35H,3-5,9H2,1-2H3. The molecule has 1 saturated heterocycles. The molecule has 12 heteroatoms. The zero-order valence-electron chi connectivity index (χ0n) is 20.6. The van der Waals surface area contributed by atoms with Gasteiger partial charge >= 0.3 is 5.97 Å². The topological polar surface area (TPSA) is 200 Å². The summed E-state index contributed by atoms with van der Waals surface area (Å²) in [7, 11) is 0. The van der Waals surface area contributed by atoms with Crippen LogP contribution in [0.5, 0.6) is 17.2 Å². The molecule has 0 amide bonds. The van der Waals surface area contributed by atoms with Crippen LogP contribution in [0.15, 0.2) is 18.2 Å². The van der Waals surface area contributed by atoms with Crippen molar-refractivity contribution in [3.8, 4) is 17.2 Å². The van der Waals surface area contributed by atoms with Gasteiger partial charge in [0.2, 0.25) is 6.29 Å². The van der Waals surface area contributed by atoms with E-state index in [-0.39, 0.29) is 64.3 Å². The average Bonchev–Trinajstić information content (AvgIpc) is 2.87. The lowest BCUT2D eigenvalue weighted by atomic mass is 9.80. The Morgan fingerprint density at radius 2 is 1.66 bits per heavy atom. The summed E-state index contributed by atoms with van der Waals surface area (Å²) in [5, 5.41) is 60.9. The fraction of sp³-hybridized carbons (Fsp3) is 0.423. The molecule has 1 aliphatic heterocycles. The summed E-state index contributed by atoms with van der Waals surface area (Å²) in [6.45, 7) is 1.66. The van der Waals surface area contributed by atoms with Crippen molar-refractivity contribution in [3.05, 3.63) is 51.6 Å². The first kappa shape index (κ1) is 27.6. The van der Waals surface area contributed by atoms with Crippen LogP contribution >= 0.6 is 0 Å². The number of aliphatic hydroxyl groups is 5. The predicted molar refractivity (Wildman–Crippen MR) is 127 cm³/mol. The molecule has 6 N–H and O–H groups in total. The van der Waals surface area contributed by atoms with E-state index in [1.54, 1.807) is 0 Å². The number of ketones is 2. The van der Waals surface area contributed by atoms with Gasteiger partial charge in [-0.2, -0.15) is 0 Å². The number of fused-ring (bicyclic) bond motifs is 2. The Labute approximate surface area is 216 Å². The lowest BCUT2D eigenvalue weighted by Crippen LogP contribution is -2.58. The molecular formula is C26H28O12. The van der Waals surface area contributed by atoms with E-state index in [0.717, 1.165) is 6.92 Å². The number of aliphatic hydroxyl groups excluding tert-OH is 5. The average molecular weight is 532 g/mol. The van der Waals surface area contributed by atoms with Crippen molar-refractivity contribution >= 4 is 17.5 Å². The maximum absolute atomic E-state index is 13.6. The summed E-state index contributed by atoms with van der Waals surface area (Å²) in [5.41, 5.74) is -0.875. The zero-order chi connectivity index (χ0) is 27.9. The van der Waals surface area contributed by atoms with E-state index >= 15 is 0 Å². The highest BCUT2D eigenvalue weighted by Crippen LogP contribution is 2.43. The highest BCUT2D eigenvalue weighted by Gasteiger charge is 2.44. The van der Waals surface area contributed by atoms with Crippen LogP contribution in [-0.2, 0) is 22.6 Å². The first-order chi connectivity index (χ1) is 18.0. The minimum atomic E-state index is -1.69. The molecule has 12 nitrogen and oxygen atoms in total. The van der Waals surface area contributed by atoms with Gasteiger partial charge in [-0.05, 0) is 43.5 Å². The van der Waals surface area contributed by atoms with Gasteiger partial charge in [0.05, 0.1) is 18.3 Å². The van der Waals surface area contributed by atoms with Crippen LogP contribution in [0.25, 0.3) is 0 Å². The van der Waals surface area contributed by atoms with Gasteiger partial charge in [-0.1, -0.05) is 0 Å². The Bertz CT molecular complexity index is 1290. The molecule has 1 heterocycles. The van der Waals surface area contributed by atoms with Gasteiger partial charge in [0.1, 0.15) is 35.6 Å². The fourth-order valence-corrected chi connectivity index (χ4v) is 4.67. The van der Waals surface area contributed by atoms with Gasteiger partial charge in [0.15, 0.2) is 11.6 Å². The van der Waals surface area contributed by atoms with Crippen molar-refractivity contribution in [2.24, 2.45) is 0 Å². The number of aromatic hydroxyl groups is 1. The molecule has 4 rings (SSSR count). The van der Waals surface area contributed by atoms with Crippen molar-refractivity contribution in [1.29, 1.82) is 0 Å². The molecule has 38 heavy (non-hydrogen) atoms. The van der Waals surface area contributed by atoms with E-state index in [4.69, 9.17) is 14.2 Å². The first-order valence-electron chi connectivity index (χ1n) is 11.9. The Balaban J connectivity index is 1.85. The summed E-state index contributed by atoms with van der Waals surface area (Å²) in [6, 6.07) is 3.62. The van der Waals surface area contributed by atoms with Crippen molar-refractivity contribution < 1.29 is 59.2 Å². The normalized spacial score (nSPS) is 24.6. The van der Waals surface area contributed by atoms with E-state index in [9.17, 15) is 45.0 Å².